The molecule has 0 unspecified atom stereocenters. The molecule has 1 amide bonds. The van der Waals surface area contributed by atoms with Crippen molar-refractivity contribution >= 4 is 17.8 Å². The minimum absolute atomic E-state index is 0.0768. The summed E-state index contributed by atoms with van der Waals surface area (Å²) in [4.78, 5) is 36.7. The van der Waals surface area contributed by atoms with Crippen LogP contribution in [0.25, 0.3) is 0 Å². The summed E-state index contributed by atoms with van der Waals surface area (Å²) in [6, 6.07) is 8.75. The van der Waals surface area contributed by atoms with Gasteiger partial charge < -0.3 is 19.5 Å². The van der Waals surface area contributed by atoms with Crippen LogP contribution in [0.2, 0.25) is 0 Å². The number of amides is 1. The summed E-state index contributed by atoms with van der Waals surface area (Å²) in [5.74, 6) is -0.366. The van der Waals surface area contributed by atoms with Crippen molar-refractivity contribution in [1.82, 2.24) is 5.32 Å². The maximum atomic E-state index is 12.7. The van der Waals surface area contributed by atoms with Gasteiger partial charge in [-0.2, -0.15) is 0 Å². The van der Waals surface area contributed by atoms with Gasteiger partial charge in [-0.3, -0.25) is 9.59 Å². The molecular weight excluding hydrogens is 410 g/mol. The minimum atomic E-state index is -0.778. The number of Topliss-reactive ketones (excluding diaryl/α,β-unsaturated/α-hetero) is 1. The van der Waals surface area contributed by atoms with Crippen molar-refractivity contribution in [1.29, 1.82) is 0 Å². The molecule has 7 heteroatoms. The fourth-order valence-corrected chi connectivity index (χ4v) is 2.73. The molecule has 180 valence electrons. The summed E-state index contributed by atoms with van der Waals surface area (Å²) in [6.07, 6.45) is 1.93. The Hall–Kier alpha value is -2.41. The number of ketones is 1. The number of carbonyl (C=O) groups is 3. The molecule has 0 aliphatic heterocycles. The largest absolute Gasteiger partial charge is 0.461 e. The molecule has 0 aliphatic rings. The highest BCUT2D eigenvalue weighted by Gasteiger charge is 2.26. The monoisotopic (exact) mass is 449 g/mol. The van der Waals surface area contributed by atoms with Gasteiger partial charge in [0.15, 0.2) is 5.78 Å². The number of carbonyl (C=O) groups excluding carboxylic acids is 3. The Morgan fingerprint density at radius 3 is 2.09 bits per heavy atom. The second kappa shape index (κ2) is 13.2. The molecule has 0 heterocycles. The molecule has 0 radical (unpaired) electrons. The Morgan fingerprint density at radius 2 is 1.50 bits per heavy atom. The van der Waals surface area contributed by atoms with E-state index in [9.17, 15) is 14.4 Å². The standard InChI is InChI=1S/C25H39NO6/c1-24(2,3)31-18-20(26-23(29)32-25(4,5)6)21(27)15-11-8-12-16-22(28)30-17-19-13-9-7-10-14-19/h7,9-10,13-14,20H,8,11-12,15-18H2,1-6H3,(H,26,29)/t20-/m0/s1. The molecule has 0 bridgehead atoms. The third-order valence-electron chi connectivity index (χ3n) is 4.31. The fraction of sp³-hybridized carbons (Fsp3) is 0.640. The summed E-state index contributed by atoms with van der Waals surface area (Å²) < 4.78 is 16.2. The summed E-state index contributed by atoms with van der Waals surface area (Å²) in [7, 11) is 0. The Kier molecular flexibility index (Phi) is 11.4. The zero-order valence-corrected chi connectivity index (χ0v) is 20.4. The molecule has 0 fully saturated rings. The van der Waals surface area contributed by atoms with Crippen molar-refractivity contribution in [2.75, 3.05) is 6.61 Å². The SMILES string of the molecule is CC(C)(C)OC[C@H](NC(=O)OC(C)(C)C)C(=O)CCCCCC(=O)OCc1ccccc1. The lowest BCUT2D eigenvalue weighted by Gasteiger charge is -2.26. The number of unbranched alkanes of at least 4 members (excludes halogenated alkanes) is 2. The zero-order chi connectivity index (χ0) is 24.2. The lowest BCUT2D eigenvalue weighted by Crippen LogP contribution is -2.47. The van der Waals surface area contributed by atoms with Gasteiger partial charge in [-0.1, -0.05) is 36.8 Å². The highest BCUT2D eigenvalue weighted by atomic mass is 16.6. The summed E-state index contributed by atoms with van der Waals surface area (Å²) in [5, 5.41) is 2.63. The Morgan fingerprint density at radius 1 is 0.875 bits per heavy atom. The van der Waals surface area contributed by atoms with Crippen LogP contribution in [0.5, 0.6) is 0 Å². The topological polar surface area (TPSA) is 90.9 Å². The maximum Gasteiger partial charge on any atom is 0.408 e. The molecule has 0 aromatic heterocycles. The van der Waals surface area contributed by atoms with E-state index < -0.39 is 23.3 Å². The molecule has 32 heavy (non-hydrogen) atoms. The second-order valence-electron chi connectivity index (χ2n) is 9.80. The van der Waals surface area contributed by atoms with E-state index >= 15 is 0 Å². The van der Waals surface area contributed by atoms with E-state index in [1.54, 1.807) is 20.8 Å². The third kappa shape index (κ3) is 13.8. The number of ether oxygens (including phenoxy) is 3. The van der Waals surface area contributed by atoms with Gasteiger partial charge in [0.1, 0.15) is 18.2 Å². The molecule has 1 N–H and O–H groups in total. The van der Waals surface area contributed by atoms with Crippen molar-refractivity contribution in [2.24, 2.45) is 0 Å². The number of esters is 1. The first-order valence-corrected chi connectivity index (χ1v) is 11.2. The van der Waals surface area contributed by atoms with Crippen LogP contribution in [0.1, 0.15) is 79.2 Å². The van der Waals surface area contributed by atoms with Gasteiger partial charge >= 0.3 is 12.1 Å². The first kappa shape index (κ1) is 27.6. The zero-order valence-electron chi connectivity index (χ0n) is 20.4. The fourth-order valence-electron chi connectivity index (χ4n) is 2.73. The number of hydrogen-bond donors (Lipinski definition) is 1. The van der Waals surface area contributed by atoms with Gasteiger partial charge in [-0.05, 0) is 59.9 Å². The van der Waals surface area contributed by atoms with Crippen molar-refractivity contribution in [3.8, 4) is 0 Å². The molecule has 1 aromatic carbocycles. The molecule has 0 aliphatic carbocycles. The van der Waals surface area contributed by atoms with Gasteiger partial charge in [-0.25, -0.2) is 4.79 Å². The molecule has 7 nitrogen and oxygen atoms in total. The van der Waals surface area contributed by atoms with Crippen LogP contribution >= 0.6 is 0 Å². The number of nitrogens with one attached hydrogen (secondary N) is 1. The van der Waals surface area contributed by atoms with Crippen LogP contribution in [0, 0.1) is 0 Å². The van der Waals surface area contributed by atoms with Crippen molar-refractivity contribution in [3.63, 3.8) is 0 Å². The minimum Gasteiger partial charge on any atom is -0.461 e. The Labute approximate surface area is 192 Å². The van der Waals surface area contributed by atoms with Gasteiger partial charge in [-0.15, -0.1) is 0 Å². The molecule has 1 rings (SSSR count). The Bertz CT molecular complexity index is 718. The number of benzene rings is 1. The van der Waals surface area contributed by atoms with Gasteiger partial charge in [0.05, 0.1) is 12.2 Å². The van der Waals surface area contributed by atoms with Crippen molar-refractivity contribution < 1.29 is 28.6 Å². The second-order valence-corrected chi connectivity index (χ2v) is 9.80. The first-order valence-electron chi connectivity index (χ1n) is 11.2. The normalized spacial score (nSPS) is 12.7. The molecule has 0 saturated carbocycles. The predicted octanol–water partition coefficient (Wildman–Crippen LogP) is 4.96. The van der Waals surface area contributed by atoms with Crippen LogP contribution in [-0.4, -0.2) is 41.7 Å². The summed E-state index contributed by atoms with van der Waals surface area (Å²) >= 11 is 0. The number of alkyl carbamates (subject to hydrolysis) is 1. The highest BCUT2D eigenvalue weighted by Crippen LogP contribution is 2.12. The highest BCUT2D eigenvalue weighted by molar-refractivity contribution is 5.87. The van der Waals surface area contributed by atoms with Gasteiger partial charge in [0.25, 0.3) is 0 Å². The number of rotatable bonds is 12. The van der Waals surface area contributed by atoms with E-state index in [0.29, 0.717) is 25.7 Å². The lowest BCUT2D eigenvalue weighted by molar-refractivity contribution is -0.145. The summed E-state index contributed by atoms with van der Waals surface area (Å²) in [6.45, 7) is 11.3. The van der Waals surface area contributed by atoms with Crippen LogP contribution in [0.15, 0.2) is 30.3 Å². The molecule has 1 atom stereocenters. The van der Waals surface area contributed by atoms with Gasteiger partial charge in [0.2, 0.25) is 0 Å². The predicted molar refractivity (Wildman–Crippen MR) is 123 cm³/mol. The van der Waals surface area contributed by atoms with Crippen LogP contribution in [0.4, 0.5) is 4.79 Å². The van der Waals surface area contributed by atoms with Crippen molar-refractivity contribution in [2.45, 2.75) is 97.5 Å². The van der Waals surface area contributed by atoms with E-state index in [0.717, 1.165) is 5.56 Å². The molecule has 1 aromatic rings. The van der Waals surface area contributed by atoms with Gasteiger partial charge in [0, 0.05) is 12.8 Å². The van der Waals surface area contributed by atoms with E-state index in [-0.39, 0.29) is 31.4 Å². The average molecular weight is 450 g/mol. The molecule has 0 spiro atoms. The van der Waals surface area contributed by atoms with Crippen LogP contribution < -0.4 is 5.32 Å². The first-order chi connectivity index (χ1) is 14.9. The van der Waals surface area contributed by atoms with Crippen molar-refractivity contribution in [3.05, 3.63) is 35.9 Å². The van der Waals surface area contributed by atoms with Crippen LogP contribution in [-0.2, 0) is 30.4 Å². The smallest absolute Gasteiger partial charge is 0.408 e. The van der Waals surface area contributed by atoms with E-state index in [2.05, 4.69) is 5.32 Å². The number of hydrogen-bond acceptors (Lipinski definition) is 6. The lowest BCUT2D eigenvalue weighted by atomic mass is 10.0. The maximum absolute atomic E-state index is 12.7. The quantitative estimate of drug-likeness (QED) is 0.358. The van der Waals surface area contributed by atoms with E-state index in [1.807, 2.05) is 51.1 Å². The van der Waals surface area contributed by atoms with E-state index in [1.165, 1.54) is 0 Å². The van der Waals surface area contributed by atoms with Crippen LogP contribution in [0.3, 0.4) is 0 Å². The molecular formula is C25H39NO6. The third-order valence-corrected chi connectivity index (χ3v) is 4.31. The summed E-state index contributed by atoms with van der Waals surface area (Å²) in [5.41, 5.74) is -0.140. The Balaban J connectivity index is 2.38. The average Bonchev–Trinajstić information content (AvgIpc) is 2.67. The van der Waals surface area contributed by atoms with E-state index in [4.69, 9.17) is 14.2 Å². The molecule has 0 saturated heterocycles.